The van der Waals surface area contributed by atoms with Crippen LogP contribution in [-0.2, 0) is 0 Å². The Hall–Kier alpha value is -0.170. The SMILES string of the molecule is CC.CC(C)C.CC(C)C1=C(C(C)C)C(C(C)C)C(C(C)C)=C(C(C)C)S1. The van der Waals surface area contributed by atoms with Gasteiger partial charge in [0.1, 0.15) is 0 Å². The highest BCUT2D eigenvalue weighted by molar-refractivity contribution is 8.06. The van der Waals surface area contributed by atoms with Crippen molar-refractivity contribution in [2.24, 2.45) is 41.4 Å². The molecule has 0 fully saturated rings. The second-order valence-electron chi connectivity index (χ2n) is 9.81. The smallest absolute Gasteiger partial charge is 0.00573 e. The number of thioether (sulfide) groups is 1. The van der Waals surface area contributed by atoms with Crippen molar-refractivity contribution in [1.29, 1.82) is 0 Å². The Bertz CT molecular complexity index is 420. The van der Waals surface area contributed by atoms with Gasteiger partial charge in [0.2, 0.25) is 0 Å². The zero-order valence-electron chi connectivity index (χ0n) is 21.4. The highest BCUT2D eigenvalue weighted by atomic mass is 32.2. The van der Waals surface area contributed by atoms with Crippen LogP contribution in [0.3, 0.4) is 0 Å². The molecule has 1 heteroatoms. The van der Waals surface area contributed by atoms with Crippen LogP contribution in [0.4, 0.5) is 0 Å². The third kappa shape index (κ3) is 9.25. The minimum atomic E-state index is 0.635. The molecule has 1 aliphatic heterocycles. The van der Waals surface area contributed by atoms with Crippen LogP contribution in [0.2, 0.25) is 0 Å². The van der Waals surface area contributed by atoms with E-state index in [9.17, 15) is 0 Å². The average Bonchev–Trinajstić information content (AvgIpc) is 2.53. The fraction of sp³-hybridized carbons (Fsp3) is 0.846. The van der Waals surface area contributed by atoms with Gasteiger partial charge in [0, 0.05) is 5.92 Å². The van der Waals surface area contributed by atoms with Gasteiger partial charge >= 0.3 is 0 Å². The lowest BCUT2D eigenvalue weighted by atomic mass is 9.72. The Morgan fingerprint density at radius 1 is 0.519 bits per heavy atom. The van der Waals surface area contributed by atoms with Crippen LogP contribution in [0, 0.1) is 41.4 Å². The van der Waals surface area contributed by atoms with Crippen molar-refractivity contribution >= 4 is 11.8 Å². The van der Waals surface area contributed by atoms with Gasteiger partial charge in [-0.3, -0.25) is 0 Å². The van der Waals surface area contributed by atoms with Gasteiger partial charge in [-0.05, 0) is 45.3 Å². The molecule has 0 aromatic heterocycles. The van der Waals surface area contributed by atoms with Crippen molar-refractivity contribution in [2.75, 3.05) is 0 Å². The Kier molecular flexibility index (Phi) is 15.0. The Morgan fingerprint density at radius 2 is 0.778 bits per heavy atom. The molecule has 162 valence electrons. The van der Waals surface area contributed by atoms with Crippen molar-refractivity contribution in [3.05, 3.63) is 21.0 Å². The molecule has 0 aliphatic carbocycles. The molecular formula is C26H52S. The standard InChI is InChI=1S/C20H36S.C4H10.C2H6/c1-11(2)16-17(12(3)4)19(14(7)8)21-20(15(9)10)18(16)13(5)6;1-4(2)3;1-2/h11-16H,1-10H3;4H,1-3H3;1-2H3. The first kappa shape index (κ1) is 29.0. The lowest BCUT2D eigenvalue weighted by Crippen LogP contribution is -2.27. The summed E-state index contributed by atoms with van der Waals surface area (Å²) in [7, 11) is 0. The van der Waals surface area contributed by atoms with Crippen LogP contribution >= 0.6 is 11.8 Å². The van der Waals surface area contributed by atoms with E-state index in [2.05, 4.69) is 102 Å². The maximum atomic E-state index is 2.40. The summed E-state index contributed by atoms with van der Waals surface area (Å²) in [5.74, 6) is 4.71. The third-order valence-electron chi connectivity index (χ3n) is 4.42. The molecule has 0 unspecified atom stereocenters. The minimum absolute atomic E-state index is 0.635. The van der Waals surface area contributed by atoms with E-state index >= 15 is 0 Å². The predicted molar refractivity (Wildman–Crippen MR) is 131 cm³/mol. The fourth-order valence-electron chi connectivity index (χ4n) is 3.62. The Balaban J connectivity index is 0. The third-order valence-corrected chi connectivity index (χ3v) is 6.27. The number of hydrogen-bond acceptors (Lipinski definition) is 1. The van der Waals surface area contributed by atoms with Gasteiger partial charge in [-0.1, -0.05) is 127 Å². The van der Waals surface area contributed by atoms with Gasteiger partial charge in [0.05, 0.1) is 0 Å². The van der Waals surface area contributed by atoms with E-state index < -0.39 is 0 Å². The molecule has 0 aromatic carbocycles. The largest absolute Gasteiger partial charge is 0.0985 e. The molecule has 0 nitrogen and oxygen atoms in total. The summed E-state index contributed by atoms with van der Waals surface area (Å²) in [5, 5.41) is 0. The average molecular weight is 397 g/mol. The fourth-order valence-corrected chi connectivity index (χ4v) is 5.29. The highest BCUT2D eigenvalue weighted by Crippen LogP contribution is 2.53. The van der Waals surface area contributed by atoms with Gasteiger partial charge in [-0.15, -0.1) is 0 Å². The van der Waals surface area contributed by atoms with Gasteiger partial charge < -0.3 is 0 Å². The summed E-state index contributed by atoms with van der Waals surface area (Å²) in [6, 6.07) is 0. The van der Waals surface area contributed by atoms with Gasteiger partial charge in [-0.2, -0.15) is 0 Å². The second kappa shape index (κ2) is 13.9. The van der Waals surface area contributed by atoms with E-state index in [0.717, 1.165) is 5.92 Å². The van der Waals surface area contributed by atoms with Crippen LogP contribution in [0.5, 0.6) is 0 Å². The molecule has 0 saturated carbocycles. The zero-order valence-corrected chi connectivity index (χ0v) is 22.3. The quantitative estimate of drug-likeness (QED) is 0.445. The van der Waals surface area contributed by atoms with Crippen molar-refractivity contribution in [1.82, 2.24) is 0 Å². The molecule has 0 bridgehead atoms. The van der Waals surface area contributed by atoms with E-state index in [1.165, 1.54) is 0 Å². The lowest BCUT2D eigenvalue weighted by molar-refractivity contribution is 0.420. The summed E-state index contributed by atoms with van der Waals surface area (Å²) in [6.45, 7) is 34.3. The normalized spacial score (nSPS) is 15.9. The van der Waals surface area contributed by atoms with Crippen molar-refractivity contribution in [2.45, 2.75) is 104 Å². The van der Waals surface area contributed by atoms with Crippen LogP contribution in [0.25, 0.3) is 0 Å². The first-order valence-corrected chi connectivity index (χ1v) is 12.3. The highest BCUT2D eigenvalue weighted by Gasteiger charge is 2.36. The molecular weight excluding hydrogens is 344 g/mol. The Labute approximate surface area is 178 Å². The van der Waals surface area contributed by atoms with Crippen LogP contribution in [-0.4, -0.2) is 0 Å². The maximum Gasteiger partial charge on any atom is 0.00573 e. The van der Waals surface area contributed by atoms with Gasteiger partial charge in [0.25, 0.3) is 0 Å². The zero-order chi connectivity index (χ0) is 22.1. The van der Waals surface area contributed by atoms with E-state index in [1.807, 2.05) is 13.8 Å². The number of hydrogen-bond donors (Lipinski definition) is 0. The summed E-state index contributed by atoms with van der Waals surface area (Å²) >= 11 is 2.10. The van der Waals surface area contributed by atoms with Crippen molar-refractivity contribution < 1.29 is 0 Å². The minimum Gasteiger partial charge on any atom is -0.0985 e. The van der Waals surface area contributed by atoms with Crippen molar-refractivity contribution in [3.8, 4) is 0 Å². The number of rotatable bonds is 5. The van der Waals surface area contributed by atoms with Crippen LogP contribution < -0.4 is 0 Å². The van der Waals surface area contributed by atoms with Crippen molar-refractivity contribution in [3.63, 3.8) is 0 Å². The van der Waals surface area contributed by atoms with Crippen LogP contribution in [0.1, 0.15) is 104 Å². The Morgan fingerprint density at radius 3 is 0.926 bits per heavy atom. The molecule has 1 aliphatic rings. The second-order valence-corrected chi connectivity index (χ2v) is 10.9. The molecule has 1 heterocycles. The molecule has 27 heavy (non-hydrogen) atoms. The van der Waals surface area contributed by atoms with Gasteiger partial charge in [-0.25, -0.2) is 0 Å². The summed E-state index contributed by atoms with van der Waals surface area (Å²) in [4.78, 5) is 3.30. The molecule has 0 amide bonds. The van der Waals surface area contributed by atoms with Crippen LogP contribution in [0.15, 0.2) is 21.0 Å². The van der Waals surface area contributed by atoms with E-state index in [4.69, 9.17) is 0 Å². The summed E-state index contributed by atoms with van der Waals surface area (Å²) in [6.07, 6.45) is 0. The predicted octanol–water partition coefficient (Wildman–Crippen LogP) is 9.83. The molecule has 0 aromatic rings. The first-order valence-electron chi connectivity index (χ1n) is 11.5. The monoisotopic (exact) mass is 396 g/mol. The van der Waals surface area contributed by atoms with E-state index in [1.54, 1.807) is 21.0 Å². The molecule has 0 radical (unpaired) electrons. The molecule has 0 spiro atoms. The summed E-state index contributed by atoms with van der Waals surface area (Å²) < 4.78 is 0. The number of allylic oxidation sites excluding steroid dienone is 4. The van der Waals surface area contributed by atoms with E-state index in [0.29, 0.717) is 35.5 Å². The lowest BCUT2D eigenvalue weighted by Gasteiger charge is -2.41. The maximum absolute atomic E-state index is 2.40. The first-order chi connectivity index (χ1) is 12.3. The summed E-state index contributed by atoms with van der Waals surface area (Å²) in [5.41, 5.74) is 3.44. The molecule has 1 rings (SSSR count). The molecule has 0 N–H and O–H groups in total. The van der Waals surface area contributed by atoms with E-state index in [-0.39, 0.29) is 0 Å². The van der Waals surface area contributed by atoms with Gasteiger partial charge in [0.15, 0.2) is 0 Å². The molecule has 0 saturated heterocycles. The molecule has 0 atom stereocenters. The topological polar surface area (TPSA) is 0 Å².